The van der Waals surface area contributed by atoms with Gasteiger partial charge >= 0.3 is 5.97 Å². The summed E-state index contributed by atoms with van der Waals surface area (Å²) in [6.45, 7) is 0. The van der Waals surface area contributed by atoms with Crippen molar-refractivity contribution in [2.45, 2.75) is 6.10 Å². The zero-order chi connectivity index (χ0) is 10.9. The molecule has 0 aliphatic rings. The standard InChI is InChI=1S/C8H5BrCl2O3/c9-5-4(10)2-1-3(6(5)11)7(12)8(13)14/h1-2,7,12H,(H,13,14). The minimum atomic E-state index is -1.64. The van der Waals surface area contributed by atoms with Crippen LogP contribution >= 0.6 is 39.1 Å². The molecule has 0 radical (unpaired) electrons. The normalized spacial score (nSPS) is 12.6. The van der Waals surface area contributed by atoms with E-state index in [-0.39, 0.29) is 10.6 Å². The monoisotopic (exact) mass is 298 g/mol. The summed E-state index contributed by atoms with van der Waals surface area (Å²) in [5.74, 6) is -1.36. The Kier molecular flexibility index (Phi) is 3.78. The van der Waals surface area contributed by atoms with Crippen LogP contribution in [0.15, 0.2) is 16.6 Å². The fraction of sp³-hybridized carbons (Fsp3) is 0.125. The lowest BCUT2D eigenvalue weighted by Gasteiger charge is -2.09. The van der Waals surface area contributed by atoms with E-state index >= 15 is 0 Å². The molecule has 0 fully saturated rings. The second-order valence-corrected chi connectivity index (χ2v) is 4.08. The van der Waals surface area contributed by atoms with Crippen molar-refractivity contribution in [3.8, 4) is 0 Å². The highest BCUT2D eigenvalue weighted by molar-refractivity contribution is 9.10. The van der Waals surface area contributed by atoms with Crippen LogP contribution in [-0.2, 0) is 4.79 Å². The van der Waals surface area contributed by atoms with Crippen molar-refractivity contribution in [2.24, 2.45) is 0 Å². The molecule has 76 valence electrons. The minimum absolute atomic E-state index is 0.104. The van der Waals surface area contributed by atoms with Gasteiger partial charge in [-0.25, -0.2) is 4.79 Å². The fourth-order valence-electron chi connectivity index (χ4n) is 0.885. The highest BCUT2D eigenvalue weighted by atomic mass is 79.9. The molecule has 0 saturated carbocycles. The highest BCUT2D eigenvalue weighted by Crippen LogP contribution is 2.35. The van der Waals surface area contributed by atoms with Gasteiger partial charge in [0.25, 0.3) is 0 Å². The number of rotatable bonds is 2. The number of aliphatic hydroxyl groups is 1. The number of carboxylic acid groups (broad SMARTS) is 1. The molecule has 14 heavy (non-hydrogen) atoms. The molecular formula is C8H5BrCl2O3. The smallest absolute Gasteiger partial charge is 0.337 e. The van der Waals surface area contributed by atoms with Gasteiger partial charge in [0.15, 0.2) is 6.10 Å². The van der Waals surface area contributed by atoms with Gasteiger partial charge in [0.05, 0.1) is 14.5 Å². The fourth-order valence-corrected chi connectivity index (χ4v) is 1.72. The maximum Gasteiger partial charge on any atom is 0.337 e. The molecule has 0 amide bonds. The summed E-state index contributed by atoms with van der Waals surface area (Å²) in [6.07, 6.45) is -1.64. The Hall–Kier alpha value is -0.290. The quantitative estimate of drug-likeness (QED) is 0.826. The molecule has 1 unspecified atom stereocenters. The predicted molar refractivity (Wildman–Crippen MR) is 56.8 cm³/mol. The number of halogens is 3. The van der Waals surface area contributed by atoms with Gasteiger partial charge in [-0.15, -0.1) is 0 Å². The second kappa shape index (κ2) is 4.49. The molecule has 1 aromatic rings. The van der Waals surface area contributed by atoms with E-state index < -0.39 is 12.1 Å². The first-order valence-electron chi connectivity index (χ1n) is 3.49. The molecule has 0 bridgehead atoms. The molecule has 2 N–H and O–H groups in total. The molecule has 1 rings (SSSR count). The van der Waals surface area contributed by atoms with E-state index in [0.717, 1.165) is 0 Å². The van der Waals surface area contributed by atoms with E-state index in [0.29, 0.717) is 9.50 Å². The topological polar surface area (TPSA) is 57.5 Å². The maximum atomic E-state index is 10.5. The van der Waals surface area contributed by atoms with Crippen LogP contribution in [0.3, 0.4) is 0 Å². The van der Waals surface area contributed by atoms with Crippen molar-refractivity contribution in [3.63, 3.8) is 0 Å². The molecular weight excluding hydrogens is 295 g/mol. The van der Waals surface area contributed by atoms with Crippen molar-refractivity contribution in [3.05, 3.63) is 32.2 Å². The number of aliphatic carboxylic acids is 1. The first kappa shape index (κ1) is 11.8. The predicted octanol–water partition coefficient (Wildman–Crippen LogP) is 2.87. The summed E-state index contributed by atoms with van der Waals surface area (Å²) in [4.78, 5) is 10.5. The molecule has 1 atom stereocenters. The summed E-state index contributed by atoms with van der Waals surface area (Å²) in [5, 5.41) is 18.3. The van der Waals surface area contributed by atoms with Crippen LogP contribution in [0.2, 0.25) is 10.0 Å². The van der Waals surface area contributed by atoms with Crippen LogP contribution in [0.1, 0.15) is 11.7 Å². The Balaban J connectivity index is 3.24. The van der Waals surface area contributed by atoms with Crippen LogP contribution in [0.25, 0.3) is 0 Å². The van der Waals surface area contributed by atoms with Gasteiger partial charge in [0.1, 0.15) is 0 Å². The Bertz CT molecular complexity index is 381. The lowest BCUT2D eigenvalue weighted by Crippen LogP contribution is -2.11. The Morgan fingerprint density at radius 2 is 2.00 bits per heavy atom. The van der Waals surface area contributed by atoms with Crippen LogP contribution in [0.5, 0.6) is 0 Å². The number of carboxylic acids is 1. The first-order chi connectivity index (χ1) is 6.45. The van der Waals surface area contributed by atoms with Crippen molar-refractivity contribution in [1.82, 2.24) is 0 Å². The molecule has 0 heterocycles. The largest absolute Gasteiger partial charge is 0.479 e. The van der Waals surface area contributed by atoms with Crippen LogP contribution < -0.4 is 0 Å². The van der Waals surface area contributed by atoms with Gasteiger partial charge in [-0.2, -0.15) is 0 Å². The van der Waals surface area contributed by atoms with E-state index in [1.54, 1.807) is 0 Å². The third kappa shape index (κ3) is 2.20. The summed E-state index contributed by atoms with van der Waals surface area (Å²) in [6, 6.07) is 2.83. The number of benzene rings is 1. The molecule has 0 aliphatic heterocycles. The van der Waals surface area contributed by atoms with E-state index in [2.05, 4.69) is 15.9 Å². The average molecular weight is 300 g/mol. The van der Waals surface area contributed by atoms with Gasteiger partial charge in [-0.3, -0.25) is 0 Å². The number of hydrogen-bond acceptors (Lipinski definition) is 2. The Morgan fingerprint density at radius 3 is 2.50 bits per heavy atom. The van der Waals surface area contributed by atoms with Gasteiger partial charge in [-0.05, 0) is 22.0 Å². The molecule has 0 saturated heterocycles. The SMILES string of the molecule is O=C(O)C(O)c1ccc(Cl)c(Br)c1Cl. The average Bonchev–Trinajstić information content (AvgIpc) is 2.13. The molecule has 0 aliphatic carbocycles. The zero-order valence-corrected chi connectivity index (χ0v) is 9.77. The zero-order valence-electron chi connectivity index (χ0n) is 6.67. The number of hydrogen-bond donors (Lipinski definition) is 2. The third-order valence-corrected chi connectivity index (χ3v) is 3.60. The number of carbonyl (C=O) groups is 1. The summed E-state index contributed by atoms with van der Waals surface area (Å²) >= 11 is 14.6. The number of aliphatic hydroxyl groups excluding tert-OH is 1. The van der Waals surface area contributed by atoms with Crippen LogP contribution in [0, 0.1) is 0 Å². The van der Waals surface area contributed by atoms with Gasteiger partial charge in [0.2, 0.25) is 0 Å². The lowest BCUT2D eigenvalue weighted by atomic mass is 10.1. The van der Waals surface area contributed by atoms with E-state index in [1.807, 2.05) is 0 Å². The van der Waals surface area contributed by atoms with Crippen molar-refractivity contribution in [2.75, 3.05) is 0 Å². The van der Waals surface area contributed by atoms with E-state index in [1.165, 1.54) is 12.1 Å². The van der Waals surface area contributed by atoms with Crippen molar-refractivity contribution >= 4 is 45.1 Å². The van der Waals surface area contributed by atoms with E-state index in [4.69, 9.17) is 28.3 Å². The summed E-state index contributed by atoms with van der Waals surface area (Å²) in [5.41, 5.74) is 0.107. The van der Waals surface area contributed by atoms with Gasteiger partial charge < -0.3 is 10.2 Å². The van der Waals surface area contributed by atoms with E-state index in [9.17, 15) is 9.90 Å². The summed E-state index contributed by atoms with van der Waals surface area (Å²) in [7, 11) is 0. The first-order valence-corrected chi connectivity index (χ1v) is 5.04. The minimum Gasteiger partial charge on any atom is -0.479 e. The Morgan fingerprint density at radius 1 is 1.43 bits per heavy atom. The van der Waals surface area contributed by atoms with Crippen molar-refractivity contribution in [1.29, 1.82) is 0 Å². The molecule has 3 nitrogen and oxygen atoms in total. The van der Waals surface area contributed by atoms with Crippen LogP contribution in [-0.4, -0.2) is 16.2 Å². The molecule has 0 aromatic heterocycles. The highest BCUT2D eigenvalue weighted by Gasteiger charge is 2.21. The maximum absolute atomic E-state index is 10.5. The second-order valence-electron chi connectivity index (χ2n) is 2.51. The third-order valence-electron chi connectivity index (χ3n) is 1.59. The lowest BCUT2D eigenvalue weighted by molar-refractivity contribution is -0.146. The van der Waals surface area contributed by atoms with Crippen LogP contribution in [0.4, 0.5) is 0 Å². The summed E-state index contributed by atoms with van der Waals surface area (Å²) < 4.78 is 0.374. The molecule has 0 spiro atoms. The van der Waals surface area contributed by atoms with Crippen molar-refractivity contribution < 1.29 is 15.0 Å². The van der Waals surface area contributed by atoms with Gasteiger partial charge in [0, 0.05) is 5.56 Å². The van der Waals surface area contributed by atoms with Gasteiger partial charge in [-0.1, -0.05) is 29.3 Å². The Labute approximate surface area is 98.4 Å². The molecule has 6 heteroatoms. The molecule has 1 aromatic carbocycles.